The van der Waals surface area contributed by atoms with Gasteiger partial charge in [-0.05, 0) is 43.9 Å². The van der Waals surface area contributed by atoms with Gasteiger partial charge in [0.15, 0.2) is 0 Å². The fraction of sp³-hybridized carbons (Fsp3) is 0.368. The van der Waals surface area contributed by atoms with Crippen LogP contribution in [0.25, 0.3) is 0 Å². The van der Waals surface area contributed by atoms with Gasteiger partial charge in [0.05, 0.1) is 6.54 Å². The summed E-state index contributed by atoms with van der Waals surface area (Å²) in [6.07, 6.45) is 2.29. The van der Waals surface area contributed by atoms with Gasteiger partial charge in [0.25, 0.3) is 0 Å². The van der Waals surface area contributed by atoms with Crippen LogP contribution in [0.1, 0.15) is 30.0 Å². The normalized spacial score (nSPS) is 17.2. The number of aryl methyl sites for hydroxylation is 2. The monoisotopic (exact) mass is 281 g/mol. The van der Waals surface area contributed by atoms with E-state index in [1.807, 2.05) is 37.3 Å². The molecule has 2 aromatic rings. The zero-order chi connectivity index (χ0) is 14.9. The first kappa shape index (κ1) is 14.2. The molecule has 0 amide bonds. The van der Waals surface area contributed by atoms with Gasteiger partial charge >= 0.3 is 0 Å². The quantitative estimate of drug-likeness (QED) is 0.928. The molecule has 1 heterocycles. The molecular weight excluding hydrogens is 258 g/mol. The number of nitrogens with zero attached hydrogens (tertiary/aromatic N) is 1. The molecule has 3 rings (SSSR count). The topological polar surface area (TPSA) is 23.5 Å². The van der Waals surface area contributed by atoms with Gasteiger partial charge in [-0.2, -0.15) is 0 Å². The van der Waals surface area contributed by atoms with E-state index < -0.39 is 5.60 Å². The molecular formula is C19H23NO. The van der Waals surface area contributed by atoms with E-state index in [4.69, 9.17) is 0 Å². The van der Waals surface area contributed by atoms with Gasteiger partial charge in [-0.3, -0.25) is 0 Å². The molecule has 110 valence electrons. The molecule has 0 aromatic heterocycles. The van der Waals surface area contributed by atoms with E-state index in [1.54, 1.807) is 0 Å². The van der Waals surface area contributed by atoms with Crippen LogP contribution in [0.3, 0.4) is 0 Å². The maximum Gasteiger partial charge on any atom is 0.104 e. The maximum atomic E-state index is 10.9. The third-order valence-electron chi connectivity index (χ3n) is 4.34. The lowest BCUT2D eigenvalue weighted by Crippen LogP contribution is -2.41. The lowest BCUT2D eigenvalue weighted by atomic mass is 9.93. The van der Waals surface area contributed by atoms with Crippen molar-refractivity contribution in [2.75, 3.05) is 18.0 Å². The maximum absolute atomic E-state index is 10.9. The van der Waals surface area contributed by atoms with Crippen LogP contribution >= 0.6 is 0 Å². The first-order valence-electron chi connectivity index (χ1n) is 7.69. The summed E-state index contributed by atoms with van der Waals surface area (Å²) < 4.78 is 0. The molecule has 0 saturated heterocycles. The second kappa shape index (κ2) is 5.53. The van der Waals surface area contributed by atoms with Gasteiger partial charge in [0.1, 0.15) is 5.60 Å². The number of hydrogen-bond donors (Lipinski definition) is 1. The SMILES string of the molecule is Cc1ccc2c(c1)CCCN2CC(C)(O)c1ccccc1. The van der Waals surface area contributed by atoms with Gasteiger partial charge in [-0.15, -0.1) is 0 Å². The van der Waals surface area contributed by atoms with Crippen molar-refractivity contribution in [1.82, 2.24) is 0 Å². The van der Waals surface area contributed by atoms with E-state index in [0.29, 0.717) is 6.54 Å². The highest BCUT2D eigenvalue weighted by Gasteiger charge is 2.28. The molecule has 0 bridgehead atoms. The summed E-state index contributed by atoms with van der Waals surface area (Å²) >= 11 is 0. The Kier molecular flexibility index (Phi) is 3.73. The zero-order valence-corrected chi connectivity index (χ0v) is 12.8. The van der Waals surface area contributed by atoms with Crippen LogP contribution < -0.4 is 4.90 Å². The summed E-state index contributed by atoms with van der Waals surface area (Å²) in [7, 11) is 0. The summed E-state index contributed by atoms with van der Waals surface area (Å²) in [5, 5.41) is 10.9. The van der Waals surface area contributed by atoms with Crippen molar-refractivity contribution in [3.8, 4) is 0 Å². The Morgan fingerprint density at radius 2 is 1.90 bits per heavy atom. The highest BCUT2D eigenvalue weighted by atomic mass is 16.3. The minimum absolute atomic E-state index is 0.632. The number of β-amino-alcohol motifs (C(OH)–C–C–N with tert-alkyl or cyclic N) is 1. The summed E-state index contributed by atoms with van der Waals surface area (Å²) in [5.41, 5.74) is 4.14. The van der Waals surface area contributed by atoms with Crippen LogP contribution in [-0.4, -0.2) is 18.2 Å². The lowest BCUT2D eigenvalue weighted by molar-refractivity contribution is 0.0641. The molecule has 0 spiro atoms. The van der Waals surface area contributed by atoms with Gasteiger partial charge in [0.2, 0.25) is 0 Å². The van der Waals surface area contributed by atoms with E-state index in [2.05, 4.69) is 30.0 Å². The second-order valence-corrected chi connectivity index (χ2v) is 6.30. The van der Waals surface area contributed by atoms with Crippen LogP contribution in [0.15, 0.2) is 48.5 Å². The molecule has 0 saturated carbocycles. The number of aliphatic hydroxyl groups is 1. The molecule has 21 heavy (non-hydrogen) atoms. The zero-order valence-electron chi connectivity index (χ0n) is 12.8. The number of rotatable bonds is 3. The fourth-order valence-electron chi connectivity index (χ4n) is 3.23. The van der Waals surface area contributed by atoms with Gasteiger partial charge in [-0.1, -0.05) is 48.0 Å². The first-order valence-corrected chi connectivity index (χ1v) is 7.69. The molecule has 2 aromatic carbocycles. The number of anilines is 1. The van der Waals surface area contributed by atoms with E-state index >= 15 is 0 Å². The smallest absolute Gasteiger partial charge is 0.104 e. The molecule has 1 aliphatic heterocycles. The Morgan fingerprint density at radius 1 is 1.14 bits per heavy atom. The minimum atomic E-state index is -0.833. The van der Waals surface area contributed by atoms with Crippen molar-refractivity contribution in [1.29, 1.82) is 0 Å². The molecule has 1 aliphatic rings. The summed E-state index contributed by atoms with van der Waals surface area (Å²) in [6, 6.07) is 16.6. The highest BCUT2D eigenvalue weighted by molar-refractivity contribution is 5.57. The molecule has 1 atom stereocenters. The molecule has 2 nitrogen and oxygen atoms in total. The first-order chi connectivity index (χ1) is 10.1. The fourth-order valence-corrected chi connectivity index (χ4v) is 3.23. The highest BCUT2D eigenvalue weighted by Crippen LogP contribution is 2.31. The third-order valence-corrected chi connectivity index (χ3v) is 4.34. The third kappa shape index (κ3) is 2.96. The van der Waals surface area contributed by atoms with Crippen LogP contribution in [-0.2, 0) is 12.0 Å². The van der Waals surface area contributed by atoms with E-state index in [0.717, 1.165) is 24.9 Å². The van der Waals surface area contributed by atoms with E-state index in [-0.39, 0.29) is 0 Å². The number of fused-ring (bicyclic) bond motifs is 1. The van der Waals surface area contributed by atoms with Gasteiger partial charge in [-0.25, -0.2) is 0 Å². The van der Waals surface area contributed by atoms with Gasteiger partial charge < -0.3 is 10.0 Å². The van der Waals surface area contributed by atoms with Crippen molar-refractivity contribution < 1.29 is 5.11 Å². The molecule has 0 radical (unpaired) electrons. The van der Waals surface area contributed by atoms with Gasteiger partial charge in [0, 0.05) is 12.2 Å². The number of benzene rings is 2. The van der Waals surface area contributed by atoms with Crippen molar-refractivity contribution in [3.63, 3.8) is 0 Å². The Hall–Kier alpha value is -1.80. The number of hydrogen-bond acceptors (Lipinski definition) is 2. The molecule has 0 fully saturated rings. The van der Waals surface area contributed by atoms with Crippen LogP contribution in [0.5, 0.6) is 0 Å². The van der Waals surface area contributed by atoms with Crippen LogP contribution in [0.4, 0.5) is 5.69 Å². The largest absolute Gasteiger partial charge is 0.384 e. The van der Waals surface area contributed by atoms with Crippen LogP contribution in [0, 0.1) is 6.92 Å². The van der Waals surface area contributed by atoms with E-state index in [1.165, 1.54) is 16.8 Å². The molecule has 1 unspecified atom stereocenters. The second-order valence-electron chi connectivity index (χ2n) is 6.30. The average Bonchev–Trinajstić information content (AvgIpc) is 2.48. The lowest BCUT2D eigenvalue weighted by Gasteiger charge is -2.37. The van der Waals surface area contributed by atoms with Crippen molar-refractivity contribution in [2.24, 2.45) is 0 Å². The summed E-state index contributed by atoms with van der Waals surface area (Å²) in [6.45, 7) is 5.69. The van der Waals surface area contributed by atoms with Crippen molar-refractivity contribution in [2.45, 2.75) is 32.3 Å². The Labute approximate surface area is 127 Å². The standard InChI is InChI=1S/C19H23NO/c1-15-10-11-18-16(13-15)7-6-12-20(18)14-19(2,21)17-8-4-3-5-9-17/h3-5,8-11,13,21H,6-7,12,14H2,1-2H3. The Bertz CT molecular complexity index is 619. The summed E-state index contributed by atoms with van der Waals surface area (Å²) in [4.78, 5) is 2.32. The van der Waals surface area contributed by atoms with E-state index in [9.17, 15) is 5.11 Å². The minimum Gasteiger partial charge on any atom is -0.384 e. The summed E-state index contributed by atoms with van der Waals surface area (Å²) in [5.74, 6) is 0. The van der Waals surface area contributed by atoms with Crippen LogP contribution in [0.2, 0.25) is 0 Å². The predicted molar refractivity (Wildman–Crippen MR) is 87.7 cm³/mol. The van der Waals surface area contributed by atoms with Crippen molar-refractivity contribution >= 4 is 5.69 Å². The molecule has 0 aliphatic carbocycles. The average molecular weight is 281 g/mol. The molecule has 2 heteroatoms. The van der Waals surface area contributed by atoms with Crippen molar-refractivity contribution in [3.05, 3.63) is 65.2 Å². The Balaban J connectivity index is 1.86. The predicted octanol–water partition coefficient (Wildman–Crippen LogP) is 3.66. The molecule has 1 N–H and O–H groups in total. The Morgan fingerprint density at radius 3 is 2.67 bits per heavy atom.